The number of aryl methyl sites for hydroxylation is 1. The summed E-state index contributed by atoms with van der Waals surface area (Å²) in [4.78, 5) is 17.9. The van der Waals surface area contributed by atoms with Gasteiger partial charge in [0.15, 0.2) is 0 Å². The molecule has 0 spiro atoms. The van der Waals surface area contributed by atoms with E-state index in [2.05, 4.69) is 10.1 Å². The number of carbonyl (C=O) groups excluding carboxylic acids is 1. The molecule has 3 rings (SSSR count). The minimum atomic E-state index is -3.69. The van der Waals surface area contributed by atoms with Crippen LogP contribution in [0.1, 0.15) is 12.8 Å². The summed E-state index contributed by atoms with van der Waals surface area (Å²) < 4.78 is 41.4. The molecule has 0 unspecified atom stereocenters. The van der Waals surface area contributed by atoms with Crippen LogP contribution in [0, 0.1) is 5.82 Å². The average molecular weight is 381 g/mol. The van der Waals surface area contributed by atoms with Crippen LogP contribution in [0.25, 0.3) is 0 Å². The lowest BCUT2D eigenvalue weighted by atomic mass is 10.3. The van der Waals surface area contributed by atoms with Crippen LogP contribution in [0.5, 0.6) is 0 Å². The Morgan fingerprint density at radius 1 is 1.12 bits per heavy atom. The molecule has 1 aliphatic rings. The van der Waals surface area contributed by atoms with Gasteiger partial charge in [-0.3, -0.25) is 9.48 Å². The fourth-order valence-corrected chi connectivity index (χ4v) is 4.33. The maximum absolute atomic E-state index is 13.0. The molecule has 1 fully saturated rings. The lowest BCUT2D eigenvalue weighted by Gasteiger charge is -2.22. The fraction of sp³-hybridized carbons (Fsp3) is 0.438. The third-order valence-electron chi connectivity index (χ3n) is 4.28. The molecule has 0 saturated carbocycles. The molecule has 1 aromatic carbocycles. The third kappa shape index (κ3) is 4.25. The van der Waals surface area contributed by atoms with E-state index in [1.807, 2.05) is 0 Å². The van der Waals surface area contributed by atoms with Gasteiger partial charge >= 0.3 is 0 Å². The van der Waals surface area contributed by atoms with Crippen molar-refractivity contribution in [2.45, 2.75) is 24.3 Å². The van der Waals surface area contributed by atoms with Crippen LogP contribution in [-0.2, 0) is 21.4 Å². The predicted molar refractivity (Wildman–Crippen MR) is 91.0 cm³/mol. The van der Waals surface area contributed by atoms with E-state index in [9.17, 15) is 17.6 Å². The number of aromatic nitrogens is 3. The molecule has 0 aliphatic carbocycles. The first-order valence-electron chi connectivity index (χ1n) is 8.33. The lowest BCUT2D eigenvalue weighted by molar-refractivity contribution is -0.131. The van der Waals surface area contributed by atoms with Crippen LogP contribution in [-0.4, -0.2) is 64.5 Å². The van der Waals surface area contributed by atoms with Gasteiger partial charge in [0.05, 0.1) is 11.4 Å². The second kappa shape index (κ2) is 7.92. The van der Waals surface area contributed by atoms with Gasteiger partial charge in [-0.05, 0) is 30.7 Å². The van der Waals surface area contributed by atoms with Crippen LogP contribution in [0.2, 0.25) is 0 Å². The van der Waals surface area contributed by atoms with Crippen LogP contribution in [0.3, 0.4) is 0 Å². The fourth-order valence-electron chi connectivity index (χ4n) is 2.86. The Hall–Kier alpha value is -2.33. The van der Waals surface area contributed by atoms with E-state index in [1.54, 1.807) is 15.9 Å². The highest BCUT2D eigenvalue weighted by Gasteiger charge is 2.28. The number of nitrogens with zero attached hydrogens (tertiary/aromatic N) is 5. The van der Waals surface area contributed by atoms with Crippen LogP contribution in [0.4, 0.5) is 4.39 Å². The Bertz CT molecular complexity index is 839. The van der Waals surface area contributed by atoms with Crippen molar-refractivity contribution in [1.82, 2.24) is 24.0 Å². The Kier molecular flexibility index (Phi) is 5.62. The molecule has 140 valence electrons. The van der Waals surface area contributed by atoms with E-state index < -0.39 is 15.8 Å². The highest BCUT2D eigenvalue weighted by atomic mass is 32.2. The zero-order chi connectivity index (χ0) is 18.6. The number of carbonyl (C=O) groups is 1. The molecule has 2 aromatic rings. The first-order chi connectivity index (χ1) is 12.5. The van der Waals surface area contributed by atoms with E-state index in [-0.39, 0.29) is 23.8 Å². The molecule has 1 saturated heterocycles. The van der Waals surface area contributed by atoms with E-state index in [0.29, 0.717) is 32.6 Å². The Balaban J connectivity index is 1.60. The second-order valence-electron chi connectivity index (χ2n) is 6.00. The number of sulfonamides is 1. The summed E-state index contributed by atoms with van der Waals surface area (Å²) in [6, 6.07) is 4.78. The first-order valence-corrected chi connectivity index (χ1v) is 9.77. The smallest absolute Gasteiger partial charge is 0.243 e. The summed E-state index contributed by atoms with van der Waals surface area (Å²) in [5.74, 6) is -0.523. The first kappa shape index (κ1) is 18.5. The lowest BCUT2D eigenvalue weighted by Crippen LogP contribution is -2.37. The SMILES string of the molecule is O=C(CCn1cncn1)N1CCCN(S(=O)(=O)c2ccc(F)cc2)CC1. The van der Waals surface area contributed by atoms with Gasteiger partial charge in [-0.2, -0.15) is 9.40 Å². The molecule has 8 nitrogen and oxygen atoms in total. The molecule has 10 heteroatoms. The normalized spacial score (nSPS) is 16.4. The third-order valence-corrected chi connectivity index (χ3v) is 6.19. The summed E-state index contributed by atoms with van der Waals surface area (Å²) in [6.45, 7) is 1.82. The monoisotopic (exact) mass is 381 g/mol. The highest BCUT2D eigenvalue weighted by molar-refractivity contribution is 7.89. The van der Waals surface area contributed by atoms with Crippen molar-refractivity contribution in [1.29, 1.82) is 0 Å². The molecule has 1 amide bonds. The van der Waals surface area contributed by atoms with Crippen molar-refractivity contribution in [2.75, 3.05) is 26.2 Å². The van der Waals surface area contributed by atoms with E-state index >= 15 is 0 Å². The van der Waals surface area contributed by atoms with Gasteiger partial charge in [0.25, 0.3) is 0 Å². The van der Waals surface area contributed by atoms with Gasteiger partial charge < -0.3 is 4.90 Å². The summed E-state index contributed by atoms with van der Waals surface area (Å²) >= 11 is 0. The number of rotatable bonds is 5. The van der Waals surface area contributed by atoms with Crippen LogP contribution >= 0.6 is 0 Å². The molecule has 0 bridgehead atoms. The molecular weight excluding hydrogens is 361 g/mol. The van der Waals surface area contributed by atoms with Gasteiger partial charge in [0, 0.05) is 32.6 Å². The largest absolute Gasteiger partial charge is 0.341 e. The number of benzene rings is 1. The summed E-state index contributed by atoms with van der Waals surface area (Å²) in [5.41, 5.74) is 0. The van der Waals surface area contributed by atoms with Crippen molar-refractivity contribution >= 4 is 15.9 Å². The molecule has 26 heavy (non-hydrogen) atoms. The summed E-state index contributed by atoms with van der Waals surface area (Å²) in [6.07, 6.45) is 3.80. The zero-order valence-corrected chi connectivity index (χ0v) is 15.0. The van der Waals surface area contributed by atoms with Gasteiger partial charge in [-0.15, -0.1) is 0 Å². The topological polar surface area (TPSA) is 88.4 Å². The minimum Gasteiger partial charge on any atom is -0.341 e. The molecule has 0 N–H and O–H groups in total. The number of hydrogen-bond acceptors (Lipinski definition) is 5. The van der Waals surface area contributed by atoms with Crippen LogP contribution < -0.4 is 0 Å². The molecule has 0 radical (unpaired) electrons. The van der Waals surface area contributed by atoms with E-state index in [4.69, 9.17) is 0 Å². The zero-order valence-electron chi connectivity index (χ0n) is 14.2. The van der Waals surface area contributed by atoms with Crippen molar-refractivity contribution < 1.29 is 17.6 Å². The van der Waals surface area contributed by atoms with Gasteiger partial charge in [-0.25, -0.2) is 17.8 Å². The molecule has 2 heterocycles. The van der Waals surface area contributed by atoms with Crippen molar-refractivity contribution in [2.24, 2.45) is 0 Å². The Morgan fingerprint density at radius 2 is 1.88 bits per heavy atom. The number of halogens is 1. The van der Waals surface area contributed by atoms with Gasteiger partial charge in [0.1, 0.15) is 18.5 Å². The standard InChI is InChI=1S/C16H20FN5O3S/c17-14-2-4-15(5-3-14)26(24,25)22-8-1-7-20(10-11-22)16(23)6-9-21-13-18-12-19-21/h2-5,12-13H,1,6-11H2. The number of hydrogen-bond donors (Lipinski definition) is 0. The maximum atomic E-state index is 13.0. The molecule has 0 atom stereocenters. The van der Waals surface area contributed by atoms with E-state index in [1.165, 1.54) is 22.8 Å². The average Bonchev–Trinajstić information content (AvgIpc) is 3.01. The van der Waals surface area contributed by atoms with Gasteiger partial charge in [0.2, 0.25) is 15.9 Å². The Labute approximate surface area is 151 Å². The van der Waals surface area contributed by atoms with Crippen molar-refractivity contribution in [3.8, 4) is 0 Å². The predicted octanol–water partition coefficient (Wildman–Crippen LogP) is 0.731. The van der Waals surface area contributed by atoms with Crippen molar-refractivity contribution in [3.63, 3.8) is 0 Å². The molecule has 1 aliphatic heterocycles. The van der Waals surface area contributed by atoms with Crippen molar-refractivity contribution in [3.05, 3.63) is 42.7 Å². The minimum absolute atomic E-state index is 0.0402. The van der Waals surface area contributed by atoms with Crippen LogP contribution in [0.15, 0.2) is 41.8 Å². The highest BCUT2D eigenvalue weighted by Crippen LogP contribution is 2.18. The molecule has 1 aromatic heterocycles. The molecular formula is C16H20FN5O3S. The maximum Gasteiger partial charge on any atom is 0.243 e. The van der Waals surface area contributed by atoms with E-state index in [0.717, 1.165) is 12.1 Å². The van der Waals surface area contributed by atoms with Gasteiger partial charge in [-0.1, -0.05) is 0 Å². The second-order valence-corrected chi connectivity index (χ2v) is 7.94. The quantitative estimate of drug-likeness (QED) is 0.762. The number of amides is 1. The summed E-state index contributed by atoms with van der Waals surface area (Å²) in [7, 11) is -3.69. The summed E-state index contributed by atoms with van der Waals surface area (Å²) in [5, 5.41) is 3.96. The Morgan fingerprint density at radius 3 is 2.58 bits per heavy atom.